The quantitative estimate of drug-likeness (QED) is 0.311. The van der Waals surface area contributed by atoms with Crippen molar-refractivity contribution in [2.24, 2.45) is 0 Å². The van der Waals surface area contributed by atoms with Crippen LogP contribution in [0.15, 0.2) is 65.2 Å². The van der Waals surface area contributed by atoms with Crippen LogP contribution in [0.1, 0.15) is 32.9 Å². The molecule has 36 heavy (non-hydrogen) atoms. The molecule has 0 aliphatic rings. The lowest BCUT2D eigenvalue weighted by Gasteiger charge is -2.19. The number of para-hydroxylation sites is 1. The number of aryl methyl sites for hydroxylation is 2. The summed E-state index contributed by atoms with van der Waals surface area (Å²) in [5.74, 6) is 0.710. The van der Waals surface area contributed by atoms with Gasteiger partial charge in [0, 0.05) is 19.2 Å². The molecule has 0 radical (unpaired) electrons. The van der Waals surface area contributed by atoms with Crippen molar-refractivity contribution in [3.05, 3.63) is 88.8 Å². The Morgan fingerprint density at radius 3 is 2.36 bits per heavy atom. The van der Waals surface area contributed by atoms with Crippen LogP contribution in [-0.2, 0) is 22.7 Å². The van der Waals surface area contributed by atoms with Gasteiger partial charge in [-0.05, 0) is 42.8 Å². The smallest absolute Gasteiger partial charge is 0.342 e. The van der Waals surface area contributed by atoms with E-state index in [0.29, 0.717) is 23.8 Å². The van der Waals surface area contributed by atoms with Crippen LogP contribution in [0.3, 0.4) is 0 Å². The number of amides is 1. The van der Waals surface area contributed by atoms with Gasteiger partial charge in [0.1, 0.15) is 29.4 Å². The summed E-state index contributed by atoms with van der Waals surface area (Å²) in [6.45, 7) is 3.74. The molecule has 0 fully saturated rings. The van der Waals surface area contributed by atoms with Gasteiger partial charge in [-0.3, -0.25) is 4.79 Å². The number of methoxy groups -OCH3 is 1. The monoisotopic (exact) mass is 488 g/mol. The molecule has 0 atom stereocenters. The average molecular weight is 489 g/mol. The van der Waals surface area contributed by atoms with E-state index in [9.17, 15) is 9.59 Å². The van der Waals surface area contributed by atoms with E-state index >= 15 is 0 Å². The zero-order valence-electron chi connectivity index (χ0n) is 20.7. The second-order valence-corrected chi connectivity index (χ2v) is 8.42. The molecule has 8 nitrogen and oxygen atoms in total. The number of carbonyl (C=O) groups excluding carboxylic acids is 2. The highest BCUT2D eigenvalue weighted by molar-refractivity contribution is 5.99. The van der Waals surface area contributed by atoms with Crippen LogP contribution in [-0.4, -0.2) is 42.7 Å². The fraction of sp³-hybridized carbons (Fsp3) is 0.250. The molecule has 1 aromatic heterocycles. The van der Waals surface area contributed by atoms with Gasteiger partial charge in [-0.15, -0.1) is 0 Å². The Hall–Kier alpha value is -4.33. The first-order valence-corrected chi connectivity index (χ1v) is 11.5. The minimum atomic E-state index is -0.645. The lowest BCUT2D eigenvalue weighted by atomic mass is 10.1. The fourth-order valence-electron chi connectivity index (χ4n) is 3.85. The Balaban J connectivity index is 1.48. The Morgan fingerprint density at radius 1 is 0.972 bits per heavy atom. The Bertz CT molecular complexity index is 1370. The number of hydrogen-bond acceptors (Lipinski definition) is 7. The highest BCUT2D eigenvalue weighted by Gasteiger charge is 2.20. The number of likely N-dealkylation sites (N-methyl/N-ethyl adjacent to an activating group) is 1. The zero-order valence-corrected chi connectivity index (χ0v) is 20.7. The molecule has 186 valence electrons. The number of rotatable bonds is 9. The van der Waals surface area contributed by atoms with Crippen molar-refractivity contribution >= 4 is 22.6 Å². The fourth-order valence-corrected chi connectivity index (χ4v) is 3.85. The third-order valence-electron chi connectivity index (χ3n) is 5.97. The van der Waals surface area contributed by atoms with Crippen LogP contribution in [0, 0.1) is 13.8 Å². The minimum Gasteiger partial charge on any atom is -0.496 e. The average Bonchev–Trinajstić information content (AvgIpc) is 3.22. The Labute approximate surface area is 209 Å². The number of benzene rings is 3. The molecule has 4 rings (SSSR count). The molecule has 0 bridgehead atoms. The first-order chi connectivity index (χ1) is 17.4. The first-order valence-electron chi connectivity index (χ1n) is 11.5. The van der Waals surface area contributed by atoms with Gasteiger partial charge >= 0.3 is 5.97 Å². The van der Waals surface area contributed by atoms with Crippen LogP contribution in [0.25, 0.3) is 10.8 Å². The zero-order chi connectivity index (χ0) is 25.7. The second kappa shape index (κ2) is 10.9. The molecule has 0 N–H and O–H groups in total. The highest BCUT2D eigenvalue weighted by atomic mass is 16.5. The van der Waals surface area contributed by atoms with E-state index < -0.39 is 12.6 Å². The van der Waals surface area contributed by atoms with Crippen molar-refractivity contribution in [3.63, 3.8) is 0 Å². The normalized spacial score (nSPS) is 10.8. The molecule has 0 spiro atoms. The maximum Gasteiger partial charge on any atom is 0.342 e. The molecule has 0 aliphatic heterocycles. The predicted octanol–water partition coefficient (Wildman–Crippen LogP) is 4.85. The summed E-state index contributed by atoms with van der Waals surface area (Å²) in [5.41, 5.74) is 2.63. The lowest BCUT2D eigenvalue weighted by Crippen LogP contribution is -2.31. The number of hydrogen-bond donors (Lipinski definition) is 0. The summed E-state index contributed by atoms with van der Waals surface area (Å²) in [6.07, 6.45) is 0. The molecule has 3 aromatic carbocycles. The van der Waals surface area contributed by atoms with E-state index in [1.807, 2.05) is 55.5 Å². The Morgan fingerprint density at radius 2 is 1.67 bits per heavy atom. The maximum atomic E-state index is 13.1. The molecule has 0 saturated carbocycles. The third-order valence-corrected chi connectivity index (χ3v) is 5.97. The summed E-state index contributed by atoms with van der Waals surface area (Å²) in [7, 11) is 3.23. The van der Waals surface area contributed by atoms with E-state index in [1.54, 1.807) is 33.2 Å². The topological polar surface area (TPSA) is 91.1 Å². The molecule has 8 heteroatoms. The van der Waals surface area contributed by atoms with Gasteiger partial charge in [0.05, 0.1) is 18.4 Å². The molecule has 4 aromatic rings. The van der Waals surface area contributed by atoms with E-state index in [-0.39, 0.29) is 18.1 Å². The lowest BCUT2D eigenvalue weighted by molar-refractivity contribution is -0.133. The van der Waals surface area contributed by atoms with Crippen LogP contribution in [0.5, 0.6) is 11.5 Å². The predicted molar refractivity (Wildman–Crippen MR) is 134 cm³/mol. The number of aromatic nitrogens is 1. The summed E-state index contributed by atoms with van der Waals surface area (Å²) < 4.78 is 22.0. The van der Waals surface area contributed by atoms with Gasteiger partial charge in [0.2, 0.25) is 0 Å². The van der Waals surface area contributed by atoms with Crippen LogP contribution in [0.2, 0.25) is 0 Å². The SMILES string of the molecule is COc1ccccc1CN(C)C(=O)COC(=O)c1cc2ccccc2cc1OCc1c(C)noc1C. The van der Waals surface area contributed by atoms with Crippen LogP contribution < -0.4 is 9.47 Å². The van der Waals surface area contributed by atoms with Gasteiger partial charge < -0.3 is 23.6 Å². The molecule has 1 heterocycles. The molecule has 1 amide bonds. The van der Waals surface area contributed by atoms with Crippen molar-refractivity contribution in [3.8, 4) is 11.5 Å². The van der Waals surface area contributed by atoms with E-state index in [4.69, 9.17) is 18.7 Å². The number of nitrogens with zero attached hydrogens (tertiary/aromatic N) is 2. The number of esters is 1. The van der Waals surface area contributed by atoms with Crippen molar-refractivity contribution in [1.82, 2.24) is 10.1 Å². The molecule has 0 saturated heterocycles. The maximum absolute atomic E-state index is 13.1. The number of fused-ring (bicyclic) bond motifs is 1. The van der Waals surface area contributed by atoms with Crippen molar-refractivity contribution in [1.29, 1.82) is 0 Å². The molecular weight excluding hydrogens is 460 g/mol. The van der Waals surface area contributed by atoms with Crippen molar-refractivity contribution in [2.45, 2.75) is 27.0 Å². The standard InChI is InChI=1S/C28H28N2O6/c1-18-24(19(2)36-29-18)16-34-26-14-21-10-6-5-9-20(21)13-23(26)28(32)35-17-27(31)30(3)15-22-11-7-8-12-25(22)33-4/h5-14H,15-17H2,1-4H3. The van der Waals surface area contributed by atoms with E-state index in [0.717, 1.165) is 27.6 Å². The van der Waals surface area contributed by atoms with Crippen LogP contribution >= 0.6 is 0 Å². The second-order valence-electron chi connectivity index (χ2n) is 8.42. The van der Waals surface area contributed by atoms with Crippen LogP contribution in [0.4, 0.5) is 0 Å². The largest absolute Gasteiger partial charge is 0.496 e. The first kappa shape index (κ1) is 24.8. The van der Waals surface area contributed by atoms with Gasteiger partial charge in [0.15, 0.2) is 6.61 Å². The minimum absolute atomic E-state index is 0.181. The number of carbonyl (C=O) groups is 2. The molecular formula is C28H28N2O6. The summed E-state index contributed by atoms with van der Waals surface area (Å²) in [5, 5.41) is 5.71. The summed E-state index contributed by atoms with van der Waals surface area (Å²) >= 11 is 0. The number of ether oxygens (including phenoxy) is 3. The van der Waals surface area contributed by atoms with Gasteiger partial charge in [0.25, 0.3) is 5.91 Å². The van der Waals surface area contributed by atoms with E-state index in [1.165, 1.54) is 4.90 Å². The molecule has 0 aliphatic carbocycles. The van der Waals surface area contributed by atoms with Crippen molar-refractivity contribution < 1.29 is 28.3 Å². The third kappa shape index (κ3) is 5.49. The highest BCUT2D eigenvalue weighted by Crippen LogP contribution is 2.28. The Kier molecular flexibility index (Phi) is 7.53. The van der Waals surface area contributed by atoms with Gasteiger partial charge in [-0.2, -0.15) is 0 Å². The summed E-state index contributed by atoms with van der Waals surface area (Å²) in [4.78, 5) is 27.2. The summed E-state index contributed by atoms with van der Waals surface area (Å²) in [6, 6.07) is 18.6. The van der Waals surface area contributed by atoms with Gasteiger partial charge in [-0.25, -0.2) is 4.79 Å². The van der Waals surface area contributed by atoms with Crippen molar-refractivity contribution in [2.75, 3.05) is 20.8 Å². The van der Waals surface area contributed by atoms with Gasteiger partial charge in [-0.1, -0.05) is 47.6 Å². The van der Waals surface area contributed by atoms with E-state index in [2.05, 4.69) is 5.16 Å². The molecule has 0 unspecified atom stereocenters.